The molecule has 0 aliphatic carbocycles. The molecular formula is C19H21N3O5. The largest absolute Gasteiger partial charge is 0.449 e. The Morgan fingerprint density at radius 3 is 2.37 bits per heavy atom. The van der Waals surface area contributed by atoms with Crippen LogP contribution in [0.3, 0.4) is 0 Å². The van der Waals surface area contributed by atoms with Gasteiger partial charge in [-0.25, -0.2) is 4.79 Å². The van der Waals surface area contributed by atoms with Crippen molar-refractivity contribution >= 4 is 29.1 Å². The summed E-state index contributed by atoms with van der Waals surface area (Å²) in [5, 5.41) is 16.3. The number of benzene rings is 2. The molecule has 0 spiro atoms. The third-order valence-corrected chi connectivity index (χ3v) is 3.66. The van der Waals surface area contributed by atoms with Crippen LogP contribution in [0.15, 0.2) is 42.5 Å². The fourth-order valence-electron chi connectivity index (χ4n) is 2.34. The Hall–Kier alpha value is -3.42. The van der Waals surface area contributed by atoms with Gasteiger partial charge in [0.1, 0.15) is 0 Å². The van der Waals surface area contributed by atoms with Crippen molar-refractivity contribution in [2.75, 3.05) is 17.2 Å². The molecule has 0 atom stereocenters. The molecule has 0 saturated carbocycles. The summed E-state index contributed by atoms with van der Waals surface area (Å²) >= 11 is 0. The normalized spacial score (nSPS) is 10.4. The topological polar surface area (TPSA) is 111 Å². The van der Waals surface area contributed by atoms with Crippen LogP contribution < -0.4 is 10.6 Å². The molecule has 142 valence electrons. The summed E-state index contributed by atoms with van der Waals surface area (Å²) in [4.78, 5) is 34.7. The molecule has 2 rings (SSSR count). The van der Waals surface area contributed by atoms with Crippen molar-refractivity contribution < 1.29 is 19.2 Å². The van der Waals surface area contributed by atoms with Gasteiger partial charge < -0.3 is 10.1 Å². The number of nitrogens with one attached hydrogen (secondary N) is 2. The van der Waals surface area contributed by atoms with E-state index in [0.29, 0.717) is 18.0 Å². The highest BCUT2D eigenvalue weighted by atomic mass is 16.6. The lowest BCUT2D eigenvalue weighted by Crippen LogP contribution is -2.17. The fourth-order valence-corrected chi connectivity index (χ4v) is 2.34. The van der Waals surface area contributed by atoms with Crippen molar-refractivity contribution in [2.45, 2.75) is 20.8 Å². The zero-order valence-electron chi connectivity index (χ0n) is 15.3. The number of nitrogens with zero attached hydrogens (tertiary/aromatic N) is 1. The van der Waals surface area contributed by atoms with Crippen LogP contribution in [0.5, 0.6) is 0 Å². The lowest BCUT2D eigenvalue weighted by Gasteiger charge is -2.11. The maximum Gasteiger partial charge on any atom is 0.411 e. The zero-order chi connectivity index (χ0) is 20.0. The predicted octanol–water partition coefficient (Wildman–Crippen LogP) is 4.36. The fraction of sp³-hybridized carbons (Fsp3) is 0.263. The maximum absolute atomic E-state index is 12.5. The molecule has 0 radical (unpaired) electrons. The molecule has 0 bridgehead atoms. The summed E-state index contributed by atoms with van der Waals surface area (Å²) in [6.07, 6.45) is -0.582. The number of anilines is 2. The monoisotopic (exact) mass is 371 g/mol. The van der Waals surface area contributed by atoms with Gasteiger partial charge in [-0.05, 0) is 37.1 Å². The second kappa shape index (κ2) is 8.79. The summed E-state index contributed by atoms with van der Waals surface area (Å²) < 4.78 is 5.05. The smallest absolute Gasteiger partial charge is 0.411 e. The van der Waals surface area contributed by atoms with Crippen LogP contribution in [-0.2, 0) is 4.74 Å². The second-order valence-electron chi connectivity index (χ2n) is 6.36. The van der Waals surface area contributed by atoms with Crippen molar-refractivity contribution in [1.82, 2.24) is 0 Å². The molecule has 0 unspecified atom stereocenters. The summed E-state index contributed by atoms with van der Waals surface area (Å²) in [6.45, 7) is 5.68. The lowest BCUT2D eigenvalue weighted by molar-refractivity contribution is -0.385. The van der Waals surface area contributed by atoms with E-state index in [4.69, 9.17) is 4.74 Å². The first kappa shape index (κ1) is 19.9. The molecule has 2 aromatic carbocycles. The summed E-state index contributed by atoms with van der Waals surface area (Å²) in [6, 6.07) is 10.9. The number of carbonyl (C=O) groups is 2. The Bertz CT molecular complexity index is 864. The minimum Gasteiger partial charge on any atom is -0.449 e. The molecule has 2 amide bonds. The van der Waals surface area contributed by atoms with E-state index >= 15 is 0 Å². The van der Waals surface area contributed by atoms with Gasteiger partial charge in [-0.2, -0.15) is 0 Å². The first-order chi connectivity index (χ1) is 12.8. The quantitative estimate of drug-likeness (QED) is 0.579. The van der Waals surface area contributed by atoms with Gasteiger partial charge in [0.15, 0.2) is 0 Å². The summed E-state index contributed by atoms with van der Waals surface area (Å²) in [5.41, 5.74) is 1.27. The van der Waals surface area contributed by atoms with E-state index in [-0.39, 0.29) is 22.7 Å². The molecule has 0 aromatic heterocycles. The molecular weight excluding hydrogens is 350 g/mol. The highest BCUT2D eigenvalue weighted by Crippen LogP contribution is 2.23. The third-order valence-electron chi connectivity index (χ3n) is 3.66. The van der Waals surface area contributed by atoms with Crippen molar-refractivity contribution in [3.05, 3.63) is 63.7 Å². The standard InChI is InChI=1S/C19H21N3O5/c1-12(2)11-27-19(24)21-15-7-4-6-14(10-15)20-18(23)16-8-5-9-17(13(16)3)22(25)26/h4-10,12H,11H2,1-3H3,(H,20,23)(H,21,24). The molecule has 2 aromatic rings. The highest BCUT2D eigenvalue weighted by Gasteiger charge is 2.18. The van der Waals surface area contributed by atoms with E-state index in [2.05, 4.69) is 10.6 Å². The van der Waals surface area contributed by atoms with Crippen LogP contribution in [0, 0.1) is 23.0 Å². The first-order valence-electron chi connectivity index (χ1n) is 8.37. The molecule has 0 fully saturated rings. The zero-order valence-corrected chi connectivity index (χ0v) is 15.3. The van der Waals surface area contributed by atoms with Crippen LogP contribution in [0.1, 0.15) is 29.8 Å². The van der Waals surface area contributed by atoms with Crippen molar-refractivity contribution in [3.63, 3.8) is 0 Å². The molecule has 8 heteroatoms. The number of amides is 2. The number of rotatable bonds is 6. The van der Waals surface area contributed by atoms with Gasteiger partial charge in [-0.15, -0.1) is 0 Å². The van der Waals surface area contributed by atoms with E-state index < -0.39 is 16.9 Å². The van der Waals surface area contributed by atoms with Gasteiger partial charge in [-0.1, -0.05) is 26.0 Å². The van der Waals surface area contributed by atoms with Crippen LogP contribution in [0.25, 0.3) is 0 Å². The highest BCUT2D eigenvalue weighted by molar-refractivity contribution is 6.06. The maximum atomic E-state index is 12.5. The average Bonchev–Trinajstić information content (AvgIpc) is 2.60. The summed E-state index contributed by atoms with van der Waals surface area (Å²) in [7, 11) is 0. The number of nitro benzene ring substituents is 1. The number of hydrogen-bond donors (Lipinski definition) is 2. The van der Waals surface area contributed by atoms with Gasteiger partial charge in [-0.3, -0.25) is 20.2 Å². The van der Waals surface area contributed by atoms with Crippen molar-refractivity contribution in [2.24, 2.45) is 5.92 Å². The van der Waals surface area contributed by atoms with E-state index in [1.807, 2.05) is 13.8 Å². The molecule has 0 heterocycles. The van der Waals surface area contributed by atoms with Crippen LogP contribution in [0.4, 0.5) is 21.9 Å². The van der Waals surface area contributed by atoms with Crippen molar-refractivity contribution in [1.29, 1.82) is 0 Å². The van der Waals surface area contributed by atoms with Gasteiger partial charge in [0, 0.05) is 28.6 Å². The van der Waals surface area contributed by atoms with Crippen LogP contribution >= 0.6 is 0 Å². The average molecular weight is 371 g/mol. The Labute approximate surface area is 156 Å². The van der Waals surface area contributed by atoms with Crippen LogP contribution in [-0.4, -0.2) is 23.5 Å². The predicted molar refractivity (Wildman–Crippen MR) is 102 cm³/mol. The number of carbonyl (C=O) groups excluding carboxylic acids is 2. The Morgan fingerprint density at radius 2 is 1.74 bits per heavy atom. The molecule has 0 aliphatic rings. The molecule has 8 nitrogen and oxygen atoms in total. The van der Waals surface area contributed by atoms with Gasteiger partial charge in [0.2, 0.25) is 0 Å². The Kier molecular flexibility index (Phi) is 6.48. The third kappa shape index (κ3) is 5.53. The van der Waals surface area contributed by atoms with E-state index in [9.17, 15) is 19.7 Å². The van der Waals surface area contributed by atoms with E-state index in [1.54, 1.807) is 24.3 Å². The Balaban J connectivity index is 2.10. The number of ether oxygens (including phenoxy) is 1. The minimum atomic E-state index is -0.582. The van der Waals surface area contributed by atoms with Crippen LogP contribution in [0.2, 0.25) is 0 Å². The lowest BCUT2D eigenvalue weighted by atomic mass is 10.1. The Morgan fingerprint density at radius 1 is 1.11 bits per heavy atom. The molecule has 0 aliphatic heterocycles. The van der Waals surface area contributed by atoms with Gasteiger partial charge in [0.05, 0.1) is 11.5 Å². The molecule has 27 heavy (non-hydrogen) atoms. The molecule has 2 N–H and O–H groups in total. The summed E-state index contributed by atoms with van der Waals surface area (Å²) in [5.74, 6) is -0.254. The molecule has 0 saturated heterocycles. The van der Waals surface area contributed by atoms with Gasteiger partial charge in [0.25, 0.3) is 11.6 Å². The van der Waals surface area contributed by atoms with Crippen molar-refractivity contribution in [3.8, 4) is 0 Å². The van der Waals surface area contributed by atoms with E-state index in [0.717, 1.165) is 0 Å². The second-order valence-corrected chi connectivity index (χ2v) is 6.36. The number of hydrogen-bond acceptors (Lipinski definition) is 5. The minimum absolute atomic E-state index is 0.119. The first-order valence-corrected chi connectivity index (χ1v) is 8.37. The van der Waals surface area contributed by atoms with E-state index in [1.165, 1.54) is 25.1 Å². The number of nitro groups is 1. The van der Waals surface area contributed by atoms with Gasteiger partial charge >= 0.3 is 6.09 Å². The SMILES string of the molecule is Cc1c(C(=O)Nc2cccc(NC(=O)OCC(C)C)c2)cccc1[N+](=O)[O-].